The van der Waals surface area contributed by atoms with Gasteiger partial charge in [-0.2, -0.15) is 0 Å². The molecule has 0 fully saturated rings. The summed E-state index contributed by atoms with van der Waals surface area (Å²) in [4.78, 5) is 39.4. The molecule has 6 heteroatoms. The van der Waals surface area contributed by atoms with E-state index in [0.717, 1.165) is 5.56 Å². The van der Waals surface area contributed by atoms with Crippen LogP contribution in [0.2, 0.25) is 0 Å². The fraction of sp³-hybridized carbons (Fsp3) is 0.250. The van der Waals surface area contributed by atoms with Crippen LogP contribution < -0.4 is 10.6 Å². The van der Waals surface area contributed by atoms with Gasteiger partial charge in [0.1, 0.15) is 5.92 Å². The van der Waals surface area contributed by atoms with Gasteiger partial charge in [-0.25, -0.2) is 0 Å². The Morgan fingerprint density at radius 2 is 1.32 bits per heavy atom. The van der Waals surface area contributed by atoms with Gasteiger partial charge in [0.25, 0.3) is 0 Å². The lowest BCUT2D eigenvalue weighted by atomic mass is 9.82. The molecule has 2 N–H and O–H groups in total. The predicted octanol–water partition coefficient (Wildman–Crippen LogP) is 4.86. The van der Waals surface area contributed by atoms with Crippen molar-refractivity contribution in [3.63, 3.8) is 0 Å². The third kappa shape index (κ3) is 6.78. The number of carbonyl (C=O) groups is 3. The fourth-order valence-electron chi connectivity index (χ4n) is 3.88. The molecule has 6 nitrogen and oxygen atoms in total. The first-order valence-electron chi connectivity index (χ1n) is 11.4. The molecule has 3 aromatic carbocycles. The molecule has 0 aliphatic carbocycles. The molecule has 0 aliphatic rings. The standard InChI is InChI=1S/C28H30N2O4/c1-3-34-28(33)26(27(32)29-20(2)21-13-7-4-8-14-21)24(22-15-9-5-10-16-22)19-25(31)30-23-17-11-6-12-18-23/h4-18,20,24,26H,3,19H2,1-2H3,(H,29,32)(H,30,31)/t20-,24?,26?/m0/s1. The molecule has 2 amide bonds. The Hall–Kier alpha value is -3.93. The number of hydrogen-bond acceptors (Lipinski definition) is 4. The number of ether oxygens (including phenoxy) is 1. The highest BCUT2D eigenvalue weighted by Crippen LogP contribution is 2.31. The molecule has 34 heavy (non-hydrogen) atoms. The van der Waals surface area contributed by atoms with Crippen LogP contribution in [0.1, 0.15) is 43.4 Å². The quantitative estimate of drug-likeness (QED) is 0.336. The number of rotatable bonds is 10. The molecule has 3 rings (SSSR count). The van der Waals surface area contributed by atoms with Crippen LogP contribution in [0.5, 0.6) is 0 Å². The summed E-state index contributed by atoms with van der Waals surface area (Å²) < 4.78 is 5.28. The van der Waals surface area contributed by atoms with Crippen LogP contribution in [-0.2, 0) is 19.1 Å². The fourth-order valence-corrected chi connectivity index (χ4v) is 3.88. The average molecular weight is 459 g/mol. The first-order chi connectivity index (χ1) is 16.5. The monoisotopic (exact) mass is 458 g/mol. The van der Waals surface area contributed by atoms with Crippen LogP contribution in [0, 0.1) is 5.92 Å². The summed E-state index contributed by atoms with van der Waals surface area (Å²) >= 11 is 0. The molecule has 176 valence electrons. The van der Waals surface area contributed by atoms with Crippen molar-refractivity contribution in [1.29, 1.82) is 0 Å². The smallest absolute Gasteiger partial charge is 0.319 e. The first-order valence-corrected chi connectivity index (χ1v) is 11.4. The molecule has 0 saturated carbocycles. The maximum atomic E-state index is 13.5. The van der Waals surface area contributed by atoms with E-state index in [9.17, 15) is 14.4 Å². The van der Waals surface area contributed by atoms with Crippen LogP contribution in [0.3, 0.4) is 0 Å². The minimum absolute atomic E-state index is 0.0600. The summed E-state index contributed by atoms with van der Waals surface area (Å²) in [7, 11) is 0. The Kier molecular flexibility index (Phi) is 8.97. The van der Waals surface area contributed by atoms with Crippen molar-refractivity contribution in [2.75, 3.05) is 11.9 Å². The van der Waals surface area contributed by atoms with E-state index in [1.165, 1.54) is 0 Å². The highest BCUT2D eigenvalue weighted by molar-refractivity contribution is 6.00. The van der Waals surface area contributed by atoms with Crippen molar-refractivity contribution in [1.82, 2.24) is 5.32 Å². The van der Waals surface area contributed by atoms with Gasteiger partial charge >= 0.3 is 5.97 Å². The summed E-state index contributed by atoms with van der Waals surface area (Å²) in [5.74, 6) is -3.31. The van der Waals surface area contributed by atoms with E-state index < -0.39 is 23.7 Å². The first kappa shape index (κ1) is 24.7. The third-order valence-corrected chi connectivity index (χ3v) is 5.57. The maximum Gasteiger partial charge on any atom is 0.319 e. The SMILES string of the molecule is CCOC(=O)C(C(=O)N[C@@H](C)c1ccccc1)C(CC(=O)Nc1ccccc1)c1ccccc1. The zero-order chi connectivity index (χ0) is 24.3. The van der Waals surface area contributed by atoms with Crippen molar-refractivity contribution in [3.05, 3.63) is 102 Å². The van der Waals surface area contributed by atoms with E-state index >= 15 is 0 Å². The molecular formula is C28H30N2O4. The summed E-state index contributed by atoms with van der Waals surface area (Å²) in [6, 6.07) is 27.4. The Bertz CT molecular complexity index is 1070. The van der Waals surface area contributed by atoms with Gasteiger partial charge in [0.2, 0.25) is 11.8 Å². The average Bonchev–Trinajstić information content (AvgIpc) is 2.85. The van der Waals surface area contributed by atoms with Crippen LogP contribution in [0.15, 0.2) is 91.0 Å². The number of esters is 1. The van der Waals surface area contributed by atoms with Gasteiger partial charge in [-0.1, -0.05) is 78.9 Å². The zero-order valence-electron chi connectivity index (χ0n) is 19.4. The second-order valence-electron chi connectivity index (χ2n) is 8.01. The molecule has 3 atom stereocenters. The molecule has 3 aromatic rings. The van der Waals surface area contributed by atoms with Gasteiger partial charge in [0.15, 0.2) is 0 Å². The van der Waals surface area contributed by atoms with Crippen molar-refractivity contribution < 1.29 is 19.1 Å². The summed E-state index contributed by atoms with van der Waals surface area (Å²) in [6.45, 7) is 3.68. The van der Waals surface area contributed by atoms with E-state index in [4.69, 9.17) is 4.74 Å². The van der Waals surface area contributed by atoms with Crippen molar-refractivity contribution in [2.24, 2.45) is 5.92 Å². The normalized spacial score (nSPS) is 13.2. The van der Waals surface area contributed by atoms with E-state index in [-0.39, 0.29) is 25.0 Å². The Morgan fingerprint density at radius 3 is 1.88 bits per heavy atom. The number of amides is 2. The Labute approximate surface area is 200 Å². The molecule has 0 saturated heterocycles. The molecule has 0 bridgehead atoms. The molecule has 0 heterocycles. The van der Waals surface area contributed by atoms with Crippen LogP contribution >= 0.6 is 0 Å². The number of nitrogens with one attached hydrogen (secondary N) is 2. The van der Waals surface area contributed by atoms with Crippen LogP contribution in [0.25, 0.3) is 0 Å². The van der Waals surface area contributed by atoms with Gasteiger partial charge in [0.05, 0.1) is 12.6 Å². The second-order valence-corrected chi connectivity index (χ2v) is 8.01. The number of hydrogen-bond donors (Lipinski definition) is 2. The lowest BCUT2D eigenvalue weighted by Crippen LogP contribution is -2.42. The number of benzene rings is 3. The molecular weight excluding hydrogens is 428 g/mol. The minimum Gasteiger partial charge on any atom is -0.465 e. The van der Waals surface area contributed by atoms with Crippen molar-refractivity contribution in [2.45, 2.75) is 32.2 Å². The van der Waals surface area contributed by atoms with Gasteiger partial charge in [-0.3, -0.25) is 14.4 Å². The van der Waals surface area contributed by atoms with Crippen LogP contribution in [0.4, 0.5) is 5.69 Å². The molecule has 0 spiro atoms. The number of carbonyl (C=O) groups excluding carboxylic acids is 3. The van der Waals surface area contributed by atoms with E-state index in [1.807, 2.05) is 85.8 Å². The van der Waals surface area contributed by atoms with Gasteiger partial charge in [-0.15, -0.1) is 0 Å². The lowest BCUT2D eigenvalue weighted by molar-refractivity contribution is -0.153. The topological polar surface area (TPSA) is 84.5 Å². The summed E-state index contributed by atoms with van der Waals surface area (Å²) in [5.41, 5.74) is 2.27. The lowest BCUT2D eigenvalue weighted by Gasteiger charge is -2.26. The zero-order valence-corrected chi connectivity index (χ0v) is 19.4. The van der Waals surface area contributed by atoms with E-state index in [0.29, 0.717) is 11.3 Å². The highest BCUT2D eigenvalue weighted by Gasteiger charge is 2.38. The third-order valence-electron chi connectivity index (χ3n) is 5.57. The maximum absolute atomic E-state index is 13.5. The van der Waals surface area contributed by atoms with Crippen molar-refractivity contribution in [3.8, 4) is 0 Å². The number of anilines is 1. The highest BCUT2D eigenvalue weighted by atomic mass is 16.5. The summed E-state index contributed by atoms with van der Waals surface area (Å²) in [6.07, 6.45) is -0.0600. The summed E-state index contributed by atoms with van der Waals surface area (Å²) in [5, 5.41) is 5.79. The van der Waals surface area contributed by atoms with Crippen LogP contribution in [-0.4, -0.2) is 24.4 Å². The molecule has 0 aromatic heterocycles. The van der Waals surface area contributed by atoms with Gasteiger partial charge in [-0.05, 0) is 37.1 Å². The molecule has 0 aliphatic heterocycles. The molecule has 0 radical (unpaired) electrons. The van der Waals surface area contributed by atoms with E-state index in [1.54, 1.807) is 19.1 Å². The van der Waals surface area contributed by atoms with Gasteiger partial charge in [0, 0.05) is 18.0 Å². The minimum atomic E-state index is -1.19. The predicted molar refractivity (Wildman–Crippen MR) is 132 cm³/mol. The van der Waals surface area contributed by atoms with Crippen molar-refractivity contribution >= 4 is 23.5 Å². The molecule has 2 unspecified atom stereocenters. The Morgan fingerprint density at radius 1 is 0.794 bits per heavy atom. The largest absolute Gasteiger partial charge is 0.465 e. The second kappa shape index (κ2) is 12.3. The number of para-hydroxylation sites is 1. The Balaban J connectivity index is 1.89. The van der Waals surface area contributed by atoms with Gasteiger partial charge < -0.3 is 15.4 Å². The van der Waals surface area contributed by atoms with E-state index in [2.05, 4.69) is 10.6 Å².